The molecule has 0 aliphatic carbocycles. The highest BCUT2D eigenvalue weighted by Gasteiger charge is 2.19. The lowest BCUT2D eigenvalue weighted by Gasteiger charge is -2.19. The molecule has 1 aliphatic rings. The minimum Gasteiger partial charge on any atom is -0.348 e. The van der Waals surface area contributed by atoms with Crippen LogP contribution < -0.4 is 10.2 Å². The maximum atomic E-state index is 4.77. The van der Waals surface area contributed by atoms with Crippen molar-refractivity contribution < 1.29 is 0 Å². The third kappa shape index (κ3) is 3.04. The fraction of sp³-hybridized carbons (Fsp3) is 0.786. The molecule has 1 aromatic rings. The van der Waals surface area contributed by atoms with Gasteiger partial charge in [0, 0.05) is 24.0 Å². The van der Waals surface area contributed by atoms with Crippen molar-refractivity contribution in [3.8, 4) is 0 Å². The van der Waals surface area contributed by atoms with Gasteiger partial charge in [-0.15, -0.1) is 11.3 Å². The quantitative estimate of drug-likeness (QED) is 0.910. The molecule has 102 valence electrons. The third-order valence-corrected chi connectivity index (χ3v) is 5.34. The predicted octanol–water partition coefficient (Wildman–Crippen LogP) is 3.36. The van der Waals surface area contributed by atoms with Gasteiger partial charge >= 0.3 is 0 Å². The van der Waals surface area contributed by atoms with Gasteiger partial charge in [-0.3, -0.25) is 0 Å². The zero-order valence-corrected chi connectivity index (χ0v) is 12.8. The molecular formula is C14H25N3S. The van der Waals surface area contributed by atoms with Crippen molar-refractivity contribution in [1.29, 1.82) is 0 Å². The molecule has 1 N–H and O–H groups in total. The van der Waals surface area contributed by atoms with Gasteiger partial charge < -0.3 is 10.2 Å². The molecular weight excluding hydrogens is 242 g/mol. The number of nitrogens with zero attached hydrogens (tertiary/aromatic N) is 2. The molecule has 0 aromatic carbocycles. The fourth-order valence-electron chi connectivity index (χ4n) is 2.52. The summed E-state index contributed by atoms with van der Waals surface area (Å²) in [5.41, 5.74) is 1.19. The van der Waals surface area contributed by atoms with E-state index in [2.05, 4.69) is 31.0 Å². The number of anilines is 1. The SMILES string of the molecule is CNC(C)c1sc(N2CCCC(C)CC2)nc1C. The Morgan fingerprint density at radius 1 is 1.39 bits per heavy atom. The number of aromatic nitrogens is 1. The molecule has 4 heteroatoms. The van der Waals surface area contributed by atoms with Crippen molar-refractivity contribution in [2.45, 2.75) is 46.1 Å². The first-order valence-corrected chi connectivity index (χ1v) is 7.83. The molecule has 1 aromatic heterocycles. The zero-order chi connectivity index (χ0) is 13.1. The summed E-state index contributed by atoms with van der Waals surface area (Å²) in [6, 6.07) is 0.405. The van der Waals surface area contributed by atoms with E-state index in [-0.39, 0.29) is 0 Å². The van der Waals surface area contributed by atoms with Gasteiger partial charge in [-0.2, -0.15) is 0 Å². The summed E-state index contributed by atoms with van der Waals surface area (Å²) < 4.78 is 0. The standard InChI is InChI=1S/C14H25N3S/c1-10-6-5-8-17(9-7-10)14-16-12(3)13(18-14)11(2)15-4/h10-11,15H,5-9H2,1-4H3. The Labute approximate surface area is 115 Å². The third-order valence-electron chi connectivity index (χ3n) is 3.93. The number of aryl methyl sites for hydroxylation is 1. The van der Waals surface area contributed by atoms with Crippen LogP contribution in [0.25, 0.3) is 0 Å². The van der Waals surface area contributed by atoms with E-state index in [0.717, 1.165) is 5.92 Å². The van der Waals surface area contributed by atoms with Crippen LogP contribution in [0.5, 0.6) is 0 Å². The van der Waals surface area contributed by atoms with Crippen molar-refractivity contribution in [2.75, 3.05) is 25.0 Å². The number of hydrogen-bond donors (Lipinski definition) is 1. The van der Waals surface area contributed by atoms with Crippen molar-refractivity contribution in [1.82, 2.24) is 10.3 Å². The normalized spacial score (nSPS) is 22.9. The summed E-state index contributed by atoms with van der Waals surface area (Å²) in [6.45, 7) is 9.04. The molecule has 0 saturated carbocycles. The second-order valence-corrected chi connectivity index (χ2v) is 6.49. The van der Waals surface area contributed by atoms with Crippen LogP contribution in [0.1, 0.15) is 49.7 Å². The number of thiazole rings is 1. The van der Waals surface area contributed by atoms with Crippen molar-refractivity contribution in [3.63, 3.8) is 0 Å². The minimum absolute atomic E-state index is 0.405. The largest absolute Gasteiger partial charge is 0.348 e. The van der Waals surface area contributed by atoms with E-state index in [9.17, 15) is 0 Å². The Morgan fingerprint density at radius 2 is 2.17 bits per heavy atom. The van der Waals surface area contributed by atoms with Gasteiger partial charge in [0.05, 0.1) is 5.69 Å². The molecule has 18 heavy (non-hydrogen) atoms. The van der Waals surface area contributed by atoms with E-state index < -0.39 is 0 Å². The molecule has 2 unspecified atom stereocenters. The van der Waals surface area contributed by atoms with E-state index in [1.54, 1.807) is 0 Å². The van der Waals surface area contributed by atoms with Crippen LogP contribution in [0.3, 0.4) is 0 Å². The number of nitrogens with one attached hydrogen (secondary N) is 1. The Kier molecular flexibility index (Phi) is 4.62. The Bertz CT molecular complexity index is 388. The molecule has 0 bridgehead atoms. The summed E-state index contributed by atoms with van der Waals surface area (Å²) in [7, 11) is 2.01. The molecule has 2 atom stereocenters. The Hall–Kier alpha value is -0.610. The van der Waals surface area contributed by atoms with Crippen LogP contribution in [-0.4, -0.2) is 25.1 Å². The monoisotopic (exact) mass is 267 g/mol. The molecule has 0 amide bonds. The summed E-state index contributed by atoms with van der Waals surface area (Å²) >= 11 is 1.86. The maximum Gasteiger partial charge on any atom is 0.185 e. The smallest absolute Gasteiger partial charge is 0.185 e. The van der Waals surface area contributed by atoms with E-state index in [4.69, 9.17) is 4.98 Å². The topological polar surface area (TPSA) is 28.2 Å². The first-order valence-electron chi connectivity index (χ1n) is 7.01. The van der Waals surface area contributed by atoms with E-state index >= 15 is 0 Å². The van der Waals surface area contributed by atoms with Gasteiger partial charge in [0.25, 0.3) is 0 Å². The summed E-state index contributed by atoms with van der Waals surface area (Å²) in [5, 5.41) is 4.53. The van der Waals surface area contributed by atoms with Gasteiger partial charge in [0.2, 0.25) is 0 Å². The number of hydrogen-bond acceptors (Lipinski definition) is 4. The molecule has 0 spiro atoms. The first kappa shape index (κ1) is 13.8. The fourth-order valence-corrected chi connectivity index (χ4v) is 3.69. The van der Waals surface area contributed by atoms with Crippen LogP contribution >= 0.6 is 11.3 Å². The van der Waals surface area contributed by atoms with Crippen LogP contribution in [0.4, 0.5) is 5.13 Å². The maximum absolute atomic E-state index is 4.77. The van der Waals surface area contributed by atoms with Gasteiger partial charge in [-0.05, 0) is 46.1 Å². The minimum atomic E-state index is 0.405. The van der Waals surface area contributed by atoms with E-state index in [1.165, 1.54) is 48.1 Å². The lowest BCUT2D eigenvalue weighted by molar-refractivity contribution is 0.521. The first-order chi connectivity index (χ1) is 8.61. The van der Waals surface area contributed by atoms with Gasteiger partial charge in [-0.1, -0.05) is 6.92 Å². The van der Waals surface area contributed by atoms with Crippen LogP contribution in [0, 0.1) is 12.8 Å². The van der Waals surface area contributed by atoms with Crippen LogP contribution in [0.15, 0.2) is 0 Å². The van der Waals surface area contributed by atoms with Gasteiger partial charge in [0.15, 0.2) is 5.13 Å². The molecule has 2 rings (SSSR count). The average molecular weight is 267 g/mol. The average Bonchev–Trinajstić information content (AvgIpc) is 2.60. The Balaban J connectivity index is 2.13. The predicted molar refractivity (Wildman–Crippen MR) is 79.6 cm³/mol. The van der Waals surface area contributed by atoms with Gasteiger partial charge in [-0.25, -0.2) is 4.98 Å². The van der Waals surface area contributed by atoms with Crippen molar-refractivity contribution >= 4 is 16.5 Å². The number of rotatable bonds is 3. The zero-order valence-electron chi connectivity index (χ0n) is 12.0. The molecule has 3 nitrogen and oxygen atoms in total. The van der Waals surface area contributed by atoms with Crippen LogP contribution in [-0.2, 0) is 0 Å². The van der Waals surface area contributed by atoms with Crippen LogP contribution in [0.2, 0.25) is 0 Å². The molecule has 2 heterocycles. The van der Waals surface area contributed by atoms with E-state index in [0.29, 0.717) is 6.04 Å². The molecule has 1 fully saturated rings. The van der Waals surface area contributed by atoms with Crippen molar-refractivity contribution in [2.24, 2.45) is 5.92 Å². The molecule has 0 radical (unpaired) electrons. The lowest BCUT2D eigenvalue weighted by Crippen LogP contribution is -2.23. The molecule has 1 saturated heterocycles. The second kappa shape index (κ2) is 6.02. The summed E-state index contributed by atoms with van der Waals surface area (Å²) in [4.78, 5) is 8.63. The molecule has 1 aliphatic heterocycles. The second-order valence-electron chi connectivity index (χ2n) is 5.48. The van der Waals surface area contributed by atoms with E-state index in [1.807, 2.05) is 18.4 Å². The summed E-state index contributed by atoms with van der Waals surface area (Å²) in [6.07, 6.45) is 3.97. The highest BCUT2D eigenvalue weighted by atomic mass is 32.1. The highest BCUT2D eigenvalue weighted by molar-refractivity contribution is 7.15. The van der Waals surface area contributed by atoms with Gasteiger partial charge in [0.1, 0.15) is 0 Å². The summed E-state index contributed by atoms with van der Waals surface area (Å²) in [5.74, 6) is 0.867. The lowest BCUT2D eigenvalue weighted by atomic mass is 10.0. The van der Waals surface area contributed by atoms with Crippen molar-refractivity contribution in [3.05, 3.63) is 10.6 Å². The highest BCUT2D eigenvalue weighted by Crippen LogP contribution is 2.32. The Morgan fingerprint density at radius 3 is 2.89 bits per heavy atom.